The summed E-state index contributed by atoms with van der Waals surface area (Å²) < 4.78 is 51.6. The van der Waals surface area contributed by atoms with Crippen LogP contribution in [0, 0.1) is 6.92 Å². The van der Waals surface area contributed by atoms with Crippen molar-refractivity contribution in [1.29, 1.82) is 0 Å². The van der Waals surface area contributed by atoms with Crippen LogP contribution in [-0.2, 0) is 17.4 Å². The van der Waals surface area contributed by atoms with Gasteiger partial charge in [0.15, 0.2) is 0 Å². The fourth-order valence-electron chi connectivity index (χ4n) is 4.09. The molecule has 2 atom stereocenters. The highest BCUT2D eigenvalue weighted by molar-refractivity contribution is 5.68. The van der Waals surface area contributed by atoms with Crippen LogP contribution in [0.2, 0.25) is 0 Å². The summed E-state index contributed by atoms with van der Waals surface area (Å²) >= 11 is 0. The van der Waals surface area contributed by atoms with Crippen LogP contribution in [0.1, 0.15) is 52.7 Å². The van der Waals surface area contributed by atoms with E-state index in [1.165, 1.54) is 6.07 Å². The lowest BCUT2D eigenvalue weighted by atomic mass is 9.98. The minimum Gasteiger partial charge on any atom is -0.492 e. The third-order valence-electron chi connectivity index (χ3n) is 5.30. The average Bonchev–Trinajstić information content (AvgIpc) is 3.17. The molecule has 0 bridgehead atoms. The summed E-state index contributed by atoms with van der Waals surface area (Å²) in [7, 11) is 0. The Balaban J connectivity index is 1.58. The van der Waals surface area contributed by atoms with Crippen LogP contribution in [0.4, 0.5) is 13.2 Å². The molecule has 0 radical (unpaired) electrons. The Labute approximate surface area is 159 Å². The van der Waals surface area contributed by atoms with Crippen LogP contribution < -0.4 is 9.47 Å². The Morgan fingerprint density at radius 2 is 2.04 bits per heavy atom. The second-order valence-corrected chi connectivity index (χ2v) is 7.33. The number of carbonyl (C=O) groups is 1. The quantitative estimate of drug-likeness (QED) is 0.793. The van der Waals surface area contributed by atoms with Crippen LogP contribution in [0.3, 0.4) is 0 Å². The molecular formula is C21H19F3O4. The van der Waals surface area contributed by atoms with Crippen molar-refractivity contribution in [2.45, 2.75) is 44.4 Å². The number of aliphatic carboxylic acids is 1. The summed E-state index contributed by atoms with van der Waals surface area (Å²) in [6, 6.07) is 8.14. The maximum atomic E-state index is 13.4. The lowest BCUT2D eigenvalue weighted by Gasteiger charge is -2.18. The van der Waals surface area contributed by atoms with Gasteiger partial charge >= 0.3 is 12.1 Å². The third-order valence-corrected chi connectivity index (χ3v) is 5.30. The molecule has 4 nitrogen and oxygen atoms in total. The molecule has 28 heavy (non-hydrogen) atoms. The number of hydrogen-bond acceptors (Lipinski definition) is 3. The van der Waals surface area contributed by atoms with Gasteiger partial charge in [-0.1, -0.05) is 17.7 Å². The van der Waals surface area contributed by atoms with Gasteiger partial charge in [-0.2, -0.15) is 13.2 Å². The van der Waals surface area contributed by atoms with E-state index in [4.69, 9.17) is 14.6 Å². The van der Waals surface area contributed by atoms with E-state index in [0.29, 0.717) is 47.6 Å². The predicted octanol–water partition coefficient (Wildman–Crippen LogP) is 5.03. The van der Waals surface area contributed by atoms with Crippen molar-refractivity contribution in [3.8, 4) is 11.5 Å². The van der Waals surface area contributed by atoms with Crippen molar-refractivity contribution in [3.05, 3.63) is 58.1 Å². The zero-order valence-electron chi connectivity index (χ0n) is 15.2. The summed E-state index contributed by atoms with van der Waals surface area (Å²) in [5.41, 5.74) is 1.68. The summed E-state index contributed by atoms with van der Waals surface area (Å²) in [5, 5.41) is 8.98. The minimum absolute atomic E-state index is 0.0112. The smallest absolute Gasteiger partial charge is 0.416 e. The van der Waals surface area contributed by atoms with E-state index in [1.54, 1.807) is 31.2 Å². The number of benzene rings is 2. The number of carboxylic acids is 1. The standard InChI is InChI=1S/C21H19F3O4/c1-11-6-16-15(17(7-11)21(22,23)24)4-5-18(16)28-13-2-3-14-12(8-20(25)26)10-27-19(14)9-13/h2-3,6-7,9,12,18H,4-5,8,10H2,1H3,(H,25,26)/t12?,18-/m1/s1. The van der Waals surface area contributed by atoms with Crippen molar-refractivity contribution >= 4 is 5.97 Å². The highest BCUT2D eigenvalue weighted by atomic mass is 19.4. The lowest BCUT2D eigenvalue weighted by molar-refractivity contribution is -0.138. The topological polar surface area (TPSA) is 55.8 Å². The van der Waals surface area contributed by atoms with Crippen molar-refractivity contribution < 1.29 is 32.5 Å². The number of rotatable bonds is 4. The highest BCUT2D eigenvalue weighted by Gasteiger charge is 2.38. The second-order valence-electron chi connectivity index (χ2n) is 7.33. The molecule has 1 N–H and O–H groups in total. The molecule has 0 saturated carbocycles. The number of carboxylic acid groups (broad SMARTS) is 1. The summed E-state index contributed by atoms with van der Waals surface area (Å²) in [6.45, 7) is 1.95. The van der Waals surface area contributed by atoms with Gasteiger partial charge in [-0.25, -0.2) is 0 Å². The molecule has 1 heterocycles. The number of hydrogen-bond donors (Lipinski definition) is 1. The molecule has 1 aliphatic carbocycles. The number of ether oxygens (including phenoxy) is 2. The highest BCUT2D eigenvalue weighted by Crippen LogP contribution is 2.44. The predicted molar refractivity (Wildman–Crippen MR) is 94.8 cm³/mol. The Morgan fingerprint density at radius 1 is 1.25 bits per heavy atom. The van der Waals surface area contributed by atoms with E-state index in [1.807, 2.05) is 0 Å². The van der Waals surface area contributed by atoms with E-state index in [2.05, 4.69) is 0 Å². The van der Waals surface area contributed by atoms with Gasteiger partial charge in [-0.3, -0.25) is 4.79 Å². The van der Waals surface area contributed by atoms with E-state index in [-0.39, 0.29) is 12.3 Å². The fraction of sp³-hybridized carbons (Fsp3) is 0.381. The molecule has 2 aliphatic rings. The molecule has 2 aromatic carbocycles. The zero-order chi connectivity index (χ0) is 20.1. The van der Waals surface area contributed by atoms with Crippen LogP contribution in [0.25, 0.3) is 0 Å². The van der Waals surface area contributed by atoms with Crippen molar-refractivity contribution in [3.63, 3.8) is 0 Å². The van der Waals surface area contributed by atoms with Crippen LogP contribution >= 0.6 is 0 Å². The molecule has 148 valence electrons. The number of aryl methyl sites for hydroxylation is 1. The average molecular weight is 392 g/mol. The molecule has 0 fully saturated rings. The molecule has 0 aromatic heterocycles. The van der Waals surface area contributed by atoms with Gasteiger partial charge in [0, 0.05) is 17.5 Å². The third kappa shape index (κ3) is 3.41. The molecular weight excluding hydrogens is 373 g/mol. The van der Waals surface area contributed by atoms with E-state index in [9.17, 15) is 18.0 Å². The van der Waals surface area contributed by atoms with Crippen LogP contribution in [0.15, 0.2) is 30.3 Å². The van der Waals surface area contributed by atoms with Gasteiger partial charge in [-0.05, 0) is 43.0 Å². The van der Waals surface area contributed by atoms with Gasteiger partial charge < -0.3 is 14.6 Å². The van der Waals surface area contributed by atoms with Crippen molar-refractivity contribution in [2.24, 2.45) is 0 Å². The maximum Gasteiger partial charge on any atom is 0.416 e. The van der Waals surface area contributed by atoms with Crippen molar-refractivity contribution in [2.75, 3.05) is 6.61 Å². The normalized spacial score (nSPS) is 20.4. The molecule has 0 amide bonds. The first-order valence-electron chi connectivity index (χ1n) is 9.08. The molecule has 2 aromatic rings. The molecule has 1 unspecified atom stereocenters. The zero-order valence-corrected chi connectivity index (χ0v) is 15.2. The van der Waals surface area contributed by atoms with E-state index in [0.717, 1.165) is 5.56 Å². The summed E-state index contributed by atoms with van der Waals surface area (Å²) in [6.07, 6.45) is -4.06. The molecule has 1 aliphatic heterocycles. The first kappa shape index (κ1) is 18.7. The monoisotopic (exact) mass is 392 g/mol. The Morgan fingerprint density at radius 3 is 2.75 bits per heavy atom. The largest absolute Gasteiger partial charge is 0.492 e. The fourth-order valence-corrected chi connectivity index (χ4v) is 4.09. The molecule has 0 spiro atoms. The minimum atomic E-state index is -4.38. The Kier molecular flexibility index (Phi) is 4.48. The van der Waals surface area contributed by atoms with Crippen molar-refractivity contribution in [1.82, 2.24) is 0 Å². The van der Waals surface area contributed by atoms with Gasteiger partial charge in [0.1, 0.15) is 17.6 Å². The van der Waals surface area contributed by atoms with Gasteiger partial charge in [0.2, 0.25) is 0 Å². The molecule has 4 rings (SSSR count). The maximum absolute atomic E-state index is 13.4. The summed E-state index contributed by atoms with van der Waals surface area (Å²) in [5.74, 6) is -0.0178. The molecule has 7 heteroatoms. The van der Waals surface area contributed by atoms with E-state index >= 15 is 0 Å². The van der Waals surface area contributed by atoms with Gasteiger partial charge in [0.05, 0.1) is 18.6 Å². The van der Waals surface area contributed by atoms with Gasteiger partial charge in [-0.15, -0.1) is 0 Å². The first-order chi connectivity index (χ1) is 13.2. The SMILES string of the molecule is Cc1cc2c(c(C(F)(F)F)c1)CC[C@H]2Oc1ccc2c(c1)OCC2CC(=O)O. The number of halogens is 3. The molecule has 0 saturated heterocycles. The van der Waals surface area contributed by atoms with Crippen LogP contribution in [0.5, 0.6) is 11.5 Å². The Bertz CT molecular complexity index is 936. The van der Waals surface area contributed by atoms with E-state index < -0.39 is 23.8 Å². The van der Waals surface area contributed by atoms with Crippen LogP contribution in [-0.4, -0.2) is 17.7 Å². The first-order valence-corrected chi connectivity index (χ1v) is 9.08. The second kappa shape index (κ2) is 6.72. The number of alkyl halides is 3. The van der Waals surface area contributed by atoms with Gasteiger partial charge in [0.25, 0.3) is 0 Å². The summed E-state index contributed by atoms with van der Waals surface area (Å²) in [4.78, 5) is 10.9. The lowest BCUT2D eigenvalue weighted by Crippen LogP contribution is -2.10. The Hall–Kier alpha value is -2.70. The number of fused-ring (bicyclic) bond motifs is 2.